The second-order valence-corrected chi connectivity index (χ2v) is 7.27. The van der Waals surface area contributed by atoms with Crippen LogP contribution in [0.25, 0.3) is 11.1 Å². The van der Waals surface area contributed by atoms with Crippen LogP contribution < -0.4 is 4.18 Å². The maximum atomic E-state index is 12.3. The molecular formula is C20H16O5S. The van der Waals surface area contributed by atoms with Gasteiger partial charge in [0.15, 0.2) is 0 Å². The maximum Gasteiger partial charge on any atom is 0.339 e. The van der Waals surface area contributed by atoms with Crippen molar-refractivity contribution >= 4 is 16.1 Å². The molecular weight excluding hydrogens is 352 g/mol. The zero-order valence-corrected chi connectivity index (χ0v) is 14.7. The average Bonchev–Trinajstić information content (AvgIpc) is 2.62. The molecule has 0 saturated carbocycles. The highest BCUT2D eigenvalue weighted by molar-refractivity contribution is 7.87. The molecule has 0 aliphatic carbocycles. The van der Waals surface area contributed by atoms with Crippen LogP contribution in [0.15, 0.2) is 77.7 Å². The first kappa shape index (κ1) is 17.7. The summed E-state index contributed by atoms with van der Waals surface area (Å²) < 4.78 is 29.8. The highest BCUT2D eigenvalue weighted by Crippen LogP contribution is 2.27. The van der Waals surface area contributed by atoms with E-state index in [1.807, 2.05) is 6.92 Å². The number of aromatic carboxylic acids is 1. The van der Waals surface area contributed by atoms with Gasteiger partial charge in [0.25, 0.3) is 0 Å². The third-order valence-electron chi connectivity index (χ3n) is 3.84. The minimum Gasteiger partial charge on any atom is -0.478 e. The van der Waals surface area contributed by atoms with E-state index in [2.05, 4.69) is 0 Å². The van der Waals surface area contributed by atoms with Gasteiger partial charge in [0.2, 0.25) is 0 Å². The van der Waals surface area contributed by atoms with Gasteiger partial charge in [0.05, 0.1) is 5.56 Å². The fraction of sp³-hybridized carbons (Fsp3) is 0.0500. The van der Waals surface area contributed by atoms with Crippen molar-refractivity contribution in [1.29, 1.82) is 0 Å². The van der Waals surface area contributed by atoms with Crippen molar-refractivity contribution in [2.75, 3.05) is 0 Å². The summed E-state index contributed by atoms with van der Waals surface area (Å²) in [6, 6.07) is 19.2. The maximum absolute atomic E-state index is 12.3. The average molecular weight is 368 g/mol. The monoisotopic (exact) mass is 368 g/mol. The fourth-order valence-electron chi connectivity index (χ4n) is 2.49. The lowest BCUT2D eigenvalue weighted by atomic mass is 10.00. The molecule has 0 saturated heterocycles. The van der Waals surface area contributed by atoms with Crippen molar-refractivity contribution in [3.63, 3.8) is 0 Å². The largest absolute Gasteiger partial charge is 0.478 e. The Kier molecular flexibility index (Phi) is 4.77. The third kappa shape index (κ3) is 3.75. The zero-order valence-electron chi connectivity index (χ0n) is 13.9. The zero-order chi connectivity index (χ0) is 18.7. The molecule has 0 spiro atoms. The second-order valence-electron chi connectivity index (χ2n) is 5.73. The molecule has 5 nitrogen and oxygen atoms in total. The molecule has 0 unspecified atom stereocenters. The van der Waals surface area contributed by atoms with E-state index in [0.717, 1.165) is 5.56 Å². The van der Waals surface area contributed by atoms with Gasteiger partial charge in [-0.05, 0) is 48.4 Å². The lowest BCUT2D eigenvalue weighted by molar-refractivity contribution is 0.0697. The Morgan fingerprint density at radius 3 is 2.12 bits per heavy atom. The highest BCUT2D eigenvalue weighted by Gasteiger charge is 2.17. The third-order valence-corrected chi connectivity index (χ3v) is 5.10. The Bertz CT molecular complexity index is 1040. The molecule has 3 rings (SSSR count). The van der Waals surface area contributed by atoms with Gasteiger partial charge in [-0.25, -0.2) is 4.79 Å². The number of carbonyl (C=O) groups is 1. The number of rotatable bonds is 5. The number of carboxylic acid groups (broad SMARTS) is 1. The lowest BCUT2D eigenvalue weighted by Gasteiger charge is -2.09. The van der Waals surface area contributed by atoms with Crippen LogP contribution in [0.1, 0.15) is 15.9 Å². The van der Waals surface area contributed by atoms with Gasteiger partial charge in [0, 0.05) is 0 Å². The minimum absolute atomic E-state index is 0.0726. The first-order chi connectivity index (χ1) is 12.4. The van der Waals surface area contributed by atoms with E-state index in [-0.39, 0.29) is 16.2 Å². The van der Waals surface area contributed by atoms with Gasteiger partial charge in [-0.2, -0.15) is 8.42 Å². The number of aryl methyl sites for hydroxylation is 1. The molecule has 3 aromatic carbocycles. The smallest absolute Gasteiger partial charge is 0.339 e. The van der Waals surface area contributed by atoms with E-state index in [4.69, 9.17) is 4.18 Å². The summed E-state index contributed by atoms with van der Waals surface area (Å²) >= 11 is 0. The second kappa shape index (κ2) is 7.01. The summed E-state index contributed by atoms with van der Waals surface area (Å²) in [5.74, 6) is -0.870. The summed E-state index contributed by atoms with van der Waals surface area (Å²) in [5, 5.41) is 9.28. The molecule has 0 heterocycles. The topological polar surface area (TPSA) is 80.7 Å². The summed E-state index contributed by atoms with van der Waals surface area (Å²) in [6.45, 7) is 1.87. The standard InChI is InChI=1S/C20H16O5S/c1-14-6-12-17(13-7-14)26(23,24)25-16-10-8-15(9-11-16)18-4-2-3-5-19(18)20(21)22/h2-13H,1H3,(H,21,22). The first-order valence-electron chi connectivity index (χ1n) is 7.81. The van der Waals surface area contributed by atoms with Crippen molar-refractivity contribution in [3.8, 4) is 16.9 Å². The Balaban J connectivity index is 1.87. The van der Waals surface area contributed by atoms with E-state index in [1.165, 1.54) is 30.3 Å². The number of benzene rings is 3. The molecule has 26 heavy (non-hydrogen) atoms. The van der Waals surface area contributed by atoms with Gasteiger partial charge in [-0.1, -0.05) is 48.0 Å². The van der Waals surface area contributed by atoms with E-state index in [9.17, 15) is 18.3 Å². The molecule has 132 valence electrons. The molecule has 0 bridgehead atoms. The quantitative estimate of drug-likeness (QED) is 0.685. The summed E-state index contributed by atoms with van der Waals surface area (Å²) in [6.07, 6.45) is 0. The van der Waals surface area contributed by atoms with Gasteiger partial charge in [-0.3, -0.25) is 0 Å². The molecule has 0 atom stereocenters. The van der Waals surface area contributed by atoms with Crippen molar-refractivity contribution in [2.45, 2.75) is 11.8 Å². The van der Waals surface area contributed by atoms with E-state index in [0.29, 0.717) is 11.1 Å². The van der Waals surface area contributed by atoms with Crippen LogP contribution in [0.5, 0.6) is 5.75 Å². The van der Waals surface area contributed by atoms with E-state index >= 15 is 0 Å². The Morgan fingerprint density at radius 1 is 0.885 bits per heavy atom. The predicted molar refractivity (Wildman–Crippen MR) is 97.8 cm³/mol. The van der Waals surface area contributed by atoms with Crippen LogP contribution in [0.4, 0.5) is 0 Å². The molecule has 0 amide bonds. The Labute approximate surface area is 151 Å². The van der Waals surface area contributed by atoms with Crippen molar-refractivity contribution in [1.82, 2.24) is 0 Å². The number of hydrogen-bond acceptors (Lipinski definition) is 4. The molecule has 0 radical (unpaired) electrons. The van der Waals surface area contributed by atoms with Crippen LogP contribution in [-0.4, -0.2) is 19.5 Å². The van der Waals surface area contributed by atoms with Gasteiger partial charge >= 0.3 is 16.1 Å². The lowest BCUT2D eigenvalue weighted by Crippen LogP contribution is -2.09. The first-order valence-corrected chi connectivity index (χ1v) is 9.21. The summed E-state index contributed by atoms with van der Waals surface area (Å²) in [7, 11) is -3.92. The molecule has 1 N–H and O–H groups in total. The molecule has 3 aromatic rings. The minimum atomic E-state index is -3.92. The van der Waals surface area contributed by atoms with Crippen molar-refractivity contribution in [2.24, 2.45) is 0 Å². The van der Waals surface area contributed by atoms with Crippen LogP contribution >= 0.6 is 0 Å². The number of carboxylic acids is 1. The Morgan fingerprint density at radius 2 is 1.50 bits per heavy atom. The fourth-order valence-corrected chi connectivity index (χ4v) is 3.42. The van der Waals surface area contributed by atoms with Crippen LogP contribution in [0, 0.1) is 6.92 Å². The summed E-state index contributed by atoms with van der Waals surface area (Å²) in [5.41, 5.74) is 2.33. The van der Waals surface area contributed by atoms with Crippen LogP contribution in [0.2, 0.25) is 0 Å². The highest BCUT2D eigenvalue weighted by atomic mass is 32.2. The molecule has 6 heteroatoms. The van der Waals surface area contributed by atoms with E-state index in [1.54, 1.807) is 42.5 Å². The molecule has 0 aliphatic heterocycles. The van der Waals surface area contributed by atoms with Gasteiger partial charge in [0.1, 0.15) is 10.6 Å². The van der Waals surface area contributed by atoms with E-state index < -0.39 is 16.1 Å². The van der Waals surface area contributed by atoms with Crippen LogP contribution in [0.3, 0.4) is 0 Å². The molecule has 0 fully saturated rings. The van der Waals surface area contributed by atoms with Crippen LogP contribution in [-0.2, 0) is 10.1 Å². The van der Waals surface area contributed by atoms with Gasteiger partial charge in [-0.15, -0.1) is 0 Å². The molecule has 0 aromatic heterocycles. The predicted octanol–water partition coefficient (Wildman–Crippen LogP) is 4.13. The SMILES string of the molecule is Cc1ccc(S(=O)(=O)Oc2ccc(-c3ccccc3C(=O)O)cc2)cc1. The summed E-state index contributed by atoms with van der Waals surface area (Å²) in [4.78, 5) is 11.4. The normalized spacial score (nSPS) is 11.1. The van der Waals surface area contributed by atoms with Gasteiger partial charge < -0.3 is 9.29 Å². The molecule has 0 aliphatic rings. The number of hydrogen-bond donors (Lipinski definition) is 1. The van der Waals surface area contributed by atoms with Crippen molar-refractivity contribution in [3.05, 3.63) is 83.9 Å². The Hall–Kier alpha value is -3.12. The van der Waals surface area contributed by atoms with Crippen molar-refractivity contribution < 1.29 is 22.5 Å².